The fourth-order valence-electron chi connectivity index (χ4n) is 2.97. The molecule has 0 spiro atoms. The van der Waals surface area contributed by atoms with E-state index in [9.17, 15) is 9.18 Å². The smallest absolute Gasteiger partial charge is 0.307 e. The summed E-state index contributed by atoms with van der Waals surface area (Å²) in [5.74, 6) is -0.355. The zero-order valence-corrected chi connectivity index (χ0v) is 22.1. The van der Waals surface area contributed by atoms with Crippen LogP contribution in [-0.4, -0.2) is 12.1 Å². The Morgan fingerprint density at radius 3 is 2.67 bits per heavy atom. The van der Waals surface area contributed by atoms with Crippen LogP contribution in [0.3, 0.4) is 0 Å². The molecule has 1 amide bonds. The normalized spacial score (nSPS) is 11.3. The predicted molar refractivity (Wildman–Crippen MR) is 137 cm³/mol. The Labute approximate surface area is 218 Å². The Morgan fingerprint density at radius 1 is 1.12 bits per heavy atom. The van der Waals surface area contributed by atoms with E-state index >= 15 is 0 Å². The predicted octanol–water partition coefficient (Wildman–Crippen LogP) is 7.86. The van der Waals surface area contributed by atoms with Crippen molar-refractivity contribution in [3.63, 3.8) is 0 Å². The number of carbonyl (C=O) groups excluding carboxylic acids is 1. The minimum atomic E-state index is -0.500. The Hall–Kier alpha value is -2.20. The number of hydrogen-bond donors (Lipinski definition) is 1. The number of ether oxygens (including phenoxy) is 1. The van der Waals surface area contributed by atoms with Crippen LogP contribution in [0.15, 0.2) is 77.5 Å². The SMILES string of the molecule is O=C(N/N=C\c1cc(Cl)c(OCc2ccccc2F)c(Br)c1)c1cc2cc(Br)cc(Br)c2o1. The molecule has 3 aromatic carbocycles. The Kier molecular flexibility index (Phi) is 7.53. The molecule has 0 saturated heterocycles. The lowest BCUT2D eigenvalue weighted by Crippen LogP contribution is -2.16. The van der Waals surface area contributed by atoms with Crippen molar-refractivity contribution in [1.29, 1.82) is 0 Å². The van der Waals surface area contributed by atoms with Crippen LogP contribution < -0.4 is 10.2 Å². The van der Waals surface area contributed by atoms with Crippen molar-refractivity contribution in [2.75, 3.05) is 0 Å². The second-order valence-corrected chi connectivity index (χ2v) is 9.84. The highest BCUT2D eigenvalue weighted by molar-refractivity contribution is 9.11. The van der Waals surface area contributed by atoms with Crippen LogP contribution in [0.5, 0.6) is 5.75 Å². The summed E-state index contributed by atoms with van der Waals surface area (Å²) in [4.78, 5) is 12.4. The molecule has 0 aliphatic rings. The van der Waals surface area contributed by atoms with Gasteiger partial charge in [0, 0.05) is 15.4 Å². The monoisotopic (exact) mass is 656 g/mol. The molecule has 4 rings (SSSR count). The molecule has 33 heavy (non-hydrogen) atoms. The third-order valence-corrected chi connectivity index (χ3v) is 6.41. The third kappa shape index (κ3) is 5.66. The summed E-state index contributed by atoms with van der Waals surface area (Å²) in [5, 5.41) is 5.05. The fraction of sp³-hybridized carbons (Fsp3) is 0.0435. The highest BCUT2D eigenvalue weighted by Crippen LogP contribution is 2.35. The van der Waals surface area contributed by atoms with Gasteiger partial charge in [0.15, 0.2) is 11.5 Å². The molecule has 0 aliphatic carbocycles. The second-order valence-electron chi connectivity index (χ2n) is 6.81. The van der Waals surface area contributed by atoms with Gasteiger partial charge >= 0.3 is 5.91 Å². The highest BCUT2D eigenvalue weighted by Gasteiger charge is 2.15. The quantitative estimate of drug-likeness (QED) is 0.169. The molecule has 0 unspecified atom stereocenters. The number of furan rings is 1. The number of nitrogens with one attached hydrogen (secondary N) is 1. The first-order valence-electron chi connectivity index (χ1n) is 9.39. The summed E-state index contributed by atoms with van der Waals surface area (Å²) >= 11 is 16.5. The molecule has 0 fully saturated rings. The number of rotatable bonds is 6. The van der Waals surface area contributed by atoms with Crippen molar-refractivity contribution >= 4 is 82.5 Å². The van der Waals surface area contributed by atoms with Crippen LogP contribution >= 0.6 is 59.4 Å². The van der Waals surface area contributed by atoms with Crippen molar-refractivity contribution in [3.05, 3.63) is 95.7 Å². The largest absolute Gasteiger partial charge is 0.486 e. The van der Waals surface area contributed by atoms with E-state index in [1.165, 1.54) is 12.3 Å². The molecule has 5 nitrogen and oxygen atoms in total. The molecule has 0 atom stereocenters. The summed E-state index contributed by atoms with van der Waals surface area (Å²) in [6.07, 6.45) is 1.43. The lowest BCUT2D eigenvalue weighted by atomic mass is 10.2. The second kappa shape index (κ2) is 10.4. The molecule has 1 aromatic heterocycles. The maximum atomic E-state index is 13.8. The van der Waals surface area contributed by atoms with Gasteiger partial charge in [-0.2, -0.15) is 5.10 Å². The molecular formula is C23H13Br3ClFN2O3. The van der Waals surface area contributed by atoms with E-state index in [-0.39, 0.29) is 18.2 Å². The summed E-state index contributed by atoms with van der Waals surface area (Å²) in [6.45, 7) is 0.0265. The number of halogens is 5. The van der Waals surface area contributed by atoms with Crippen molar-refractivity contribution in [3.8, 4) is 5.75 Å². The van der Waals surface area contributed by atoms with Gasteiger partial charge in [-0.1, -0.05) is 45.7 Å². The van der Waals surface area contributed by atoms with Crippen molar-refractivity contribution in [2.24, 2.45) is 5.10 Å². The topological polar surface area (TPSA) is 63.8 Å². The van der Waals surface area contributed by atoms with Crippen LogP contribution in [0.25, 0.3) is 11.0 Å². The highest BCUT2D eigenvalue weighted by atomic mass is 79.9. The first-order valence-corrected chi connectivity index (χ1v) is 12.1. The molecule has 168 valence electrons. The number of benzene rings is 3. The van der Waals surface area contributed by atoms with E-state index in [1.807, 2.05) is 12.1 Å². The van der Waals surface area contributed by atoms with Gasteiger partial charge in [-0.3, -0.25) is 4.79 Å². The van der Waals surface area contributed by atoms with Crippen LogP contribution in [0.1, 0.15) is 21.7 Å². The molecule has 1 heterocycles. The first-order chi connectivity index (χ1) is 15.8. The minimum absolute atomic E-state index is 0.0265. The number of hydrazone groups is 1. The van der Waals surface area contributed by atoms with E-state index in [0.717, 1.165) is 14.3 Å². The van der Waals surface area contributed by atoms with Gasteiger partial charge in [-0.05, 0) is 73.8 Å². The molecule has 0 aliphatic heterocycles. The Balaban J connectivity index is 1.43. The maximum Gasteiger partial charge on any atom is 0.307 e. The summed E-state index contributed by atoms with van der Waals surface area (Å²) in [5.41, 5.74) is 4.02. The molecular weight excluding hydrogens is 646 g/mol. The Morgan fingerprint density at radius 2 is 1.91 bits per heavy atom. The lowest BCUT2D eigenvalue weighted by molar-refractivity contribution is 0.0929. The van der Waals surface area contributed by atoms with Gasteiger partial charge < -0.3 is 9.15 Å². The van der Waals surface area contributed by atoms with E-state index in [1.54, 1.807) is 36.4 Å². The van der Waals surface area contributed by atoms with Gasteiger partial charge in [-0.15, -0.1) is 0 Å². The van der Waals surface area contributed by atoms with Crippen LogP contribution in [0.4, 0.5) is 4.39 Å². The van der Waals surface area contributed by atoms with Gasteiger partial charge in [0.1, 0.15) is 18.0 Å². The lowest BCUT2D eigenvalue weighted by Gasteiger charge is -2.11. The van der Waals surface area contributed by atoms with Crippen molar-refractivity contribution < 1.29 is 18.3 Å². The number of nitrogens with zero attached hydrogens (tertiary/aromatic N) is 1. The molecule has 0 radical (unpaired) electrons. The average molecular weight is 660 g/mol. The zero-order valence-electron chi connectivity index (χ0n) is 16.5. The standard InChI is InChI=1S/C23H13Br3ClFN2O3/c24-15-7-14-8-20(33-21(14)17(26)9-15)23(31)30-29-10-12-5-16(25)22(18(27)6-12)32-11-13-3-1-2-4-19(13)28/h1-10H,11H2,(H,30,31)/b29-10-. The first kappa shape index (κ1) is 23.9. The molecule has 0 saturated carbocycles. The Bertz CT molecular complexity index is 1370. The van der Waals surface area contributed by atoms with E-state index < -0.39 is 5.91 Å². The van der Waals surface area contributed by atoms with Gasteiger partial charge in [0.25, 0.3) is 0 Å². The molecule has 1 N–H and O–H groups in total. The molecule has 10 heteroatoms. The zero-order chi connectivity index (χ0) is 23.5. The summed E-state index contributed by atoms with van der Waals surface area (Å²) in [6, 6.07) is 15.0. The van der Waals surface area contributed by atoms with Gasteiger partial charge in [0.05, 0.1) is 20.2 Å². The third-order valence-electron chi connectivity index (χ3n) is 4.49. The summed E-state index contributed by atoms with van der Waals surface area (Å²) < 4.78 is 27.2. The van der Waals surface area contributed by atoms with Crippen LogP contribution in [0, 0.1) is 5.82 Å². The van der Waals surface area contributed by atoms with E-state index in [2.05, 4.69) is 58.3 Å². The van der Waals surface area contributed by atoms with E-state index in [0.29, 0.717) is 32.0 Å². The molecule has 4 aromatic rings. The van der Waals surface area contributed by atoms with Gasteiger partial charge in [-0.25, -0.2) is 9.82 Å². The molecule has 0 bridgehead atoms. The van der Waals surface area contributed by atoms with Crippen LogP contribution in [0.2, 0.25) is 5.02 Å². The average Bonchev–Trinajstić information content (AvgIpc) is 3.19. The minimum Gasteiger partial charge on any atom is -0.486 e. The summed E-state index contributed by atoms with van der Waals surface area (Å²) in [7, 11) is 0. The number of amides is 1. The van der Waals surface area contributed by atoms with E-state index in [4.69, 9.17) is 20.8 Å². The van der Waals surface area contributed by atoms with Crippen molar-refractivity contribution in [1.82, 2.24) is 5.43 Å². The number of carbonyl (C=O) groups is 1. The fourth-order valence-corrected chi connectivity index (χ4v) is 5.29. The maximum absolute atomic E-state index is 13.8. The number of fused-ring (bicyclic) bond motifs is 1. The van der Waals surface area contributed by atoms with Gasteiger partial charge in [0.2, 0.25) is 0 Å². The van der Waals surface area contributed by atoms with Crippen molar-refractivity contribution in [2.45, 2.75) is 6.61 Å². The number of hydrogen-bond acceptors (Lipinski definition) is 4. The van der Waals surface area contributed by atoms with Crippen LogP contribution in [-0.2, 0) is 6.61 Å².